The molecule has 2 heteroatoms. The van der Waals surface area contributed by atoms with Gasteiger partial charge in [0.2, 0.25) is 0 Å². The Morgan fingerprint density at radius 3 is 2.05 bits per heavy atom. The number of rotatable bonds is 3. The zero-order valence-corrected chi connectivity index (χ0v) is 11.8. The zero-order chi connectivity index (χ0) is 13.7. The molecule has 0 aromatic heterocycles. The summed E-state index contributed by atoms with van der Waals surface area (Å²) >= 11 is 0. The summed E-state index contributed by atoms with van der Waals surface area (Å²) in [4.78, 5) is 12.2. The van der Waals surface area contributed by atoms with Crippen molar-refractivity contribution in [3.63, 3.8) is 0 Å². The Labute approximate surface area is 120 Å². The summed E-state index contributed by atoms with van der Waals surface area (Å²) in [5.41, 5.74) is 0.719. The van der Waals surface area contributed by atoms with Gasteiger partial charge in [-0.05, 0) is 67.8 Å². The number of benzene rings is 1. The van der Waals surface area contributed by atoms with Crippen molar-refractivity contribution in [3.8, 4) is 0 Å². The molecule has 1 N–H and O–H groups in total. The molecule has 0 aliphatic heterocycles. The predicted octanol–water partition coefficient (Wildman–Crippen LogP) is 3.76. The van der Waals surface area contributed by atoms with Gasteiger partial charge in [0.25, 0.3) is 0 Å². The SMILES string of the molecule is O=C(O)C1(Cc2ccccc2)C2CC3CC(C2)CC1C3. The van der Waals surface area contributed by atoms with Crippen LogP contribution >= 0.6 is 0 Å². The van der Waals surface area contributed by atoms with Crippen molar-refractivity contribution in [3.05, 3.63) is 35.9 Å². The van der Waals surface area contributed by atoms with Crippen molar-refractivity contribution in [2.24, 2.45) is 29.1 Å². The molecule has 4 aliphatic carbocycles. The maximum Gasteiger partial charge on any atom is 0.310 e. The van der Waals surface area contributed by atoms with E-state index in [-0.39, 0.29) is 0 Å². The molecule has 4 bridgehead atoms. The Bertz CT molecular complexity index is 491. The third-order valence-corrected chi connectivity index (χ3v) is 6.33. The fourth-order valence-corrected chi connectivity index (χ4v) is 5.67. The van der Waals surface area contributed by atoms with E-state index < -0.39 is 11.4 Å². The van der Waals surface area contributed by atoms with Gasteiger partial charge in [-0.1, -0.05) is 30.3 Å². The number of carbonyl (C=O) groups is 1. The summed E-state index contributed by atoms with van der Waals surface area (Å²) in [5, 5.41) is 10.1. The second kappa shape index (κ2) is 4.34. The van der Waals surface area contributed by atoms with Gasteiger partial charge in [-0.3, -0.25) is 4.79 Å². The number of carboxylic acid groups (broad SMARTS) is 1. The molecule has 0 radical (unpaired) electrons. The lowest BCUT2D eigenvalue weighted by atomic mass is 9.44. The molecular weight excluding hydrogens is 248 g/mol. The monoisotopic (exact) mass is 270 g/mol. The highest BCUT2D eigenvalue weighted by Gasteiger charge is 2.60. The number of hydrogen-bond donors (Lipinski definition) is 1. The third kappa shape index (κ3) is 1.66. The predicted molar refractivity (Wildman–Crippen MR) is 77.3 cm³/mol. The van der Waals surface area contributed by atoms with Crippen molar-refractivity contribution >= 4 is 5.97 Å². The summed E-state index contributed by atoms with van der Waals surface area (Å²) in [7, 11) is 0. The summed E-state index contributed by atoms with van der Waals surface area (Å²) in [5.74, 6) is 1.93. The van der Waals surface area contributed by atoms with Gasteiger partial charge < -0.3 is 5.11 Å². The molecule has 0 amide bonds. The molecule has 0 atom stereocenters. The summed E-state index contributed by atoms with van der Waals surface area (Å²) in [6.45, 7) is 0. The Kier molecular flexibility index (Phi) is 2.70. The minimum absolute atomic E-state index is 0.413. The third-order valence-electron chi connectivity index (χ3n) is 6.33. The summed E-state index contributed by atoms with van der Waals surface area (Å²) in [6.07, 6.45) is 6.74. The van der Waals surface area contributed by atoms with E-state index in [1.807, 2.05) is 18.2 Å². The van der Waals surface area contributed by atoms with Crippen molar-refractivity contribution in [1.82, 2.24) is 0 Å². The molecule has 20 heavy (non-hydrogen) atoms. The smallest absolute Gasteiger partial charge is 0.310 e. The number of hydrogen-bond acceptors (Lipinski definition) is 1. The fourth-order valence-electron chi connectivity index (χ4n) is 5.67. The molecule has 0 spiro atoms. The van der Waals surface area contributed by atoms with Crippen LogP contribution in [0.1, 0.15) is 37.7 Å². The minimum Gasteiger partial charge on any atom is -0.481 e. The van der Waals surface area contributed by atoms with Crippen molar-refractivity contribution < 1.29 is 9.90 Å². The van der Waals surface area contributed by atoms with Crippen LogP contribution in [0.2, 0.25) is 0 Å². The zero-order valence-electron chi connectivity index (χ0n) is 11.8. The molecule has 0 heterocycles. The highest BCUT2D eigenvalue weighted by atomic mass is 16.4. The van der Waals surface area contributed by atoms with E-state index in [0.29, 0.717) is 11.8 Å². The molecule has 0 saturated heterocycles. The van der Waals surface area contributed by atoms with E-state index in [9.17, 15) is 9.90 Å². The Hall–Kier alpha value is -1.31. The van der Waals surface area contributed by atoms with Gasteiger partial charge in [-0.15, -0.1) is 0 Å². The first kappa shape index (κ1) is 12.4. The lowest BCUT2D eigenvalue weighted by Crippen LogP contribution is -2.57. The van der Waals surface area contributed by atoms with E-state index in [1.54, 1.807) is 0 Å². The fraction of sp³-hybridized carbons (Fsp3) is 0.611. The molecule has 1 aromatic carbocycles. The van der Waals surface area contributed by atoms with E-state index in [2.05, 4.69) is 12.1 Å². The normalized spacial score (nSPS) is 41.8. The van der Waals surface area contributed by atoms with Gasteiger partial charge >= 0.3 is 5.97 Å². The van der Waals surface area contributed by atoms with Crippen LogP contribution in [0.5, 0.6) is 0 Å². The van der Waals surface area contributed by atoms with Crippen molar-refractivity contribution in [2.75, 3.05) is 0 Å². The van der Waals surface area contributed by atoms with Crippen LogP contribution < -0.4 is 0 Å². The van der Waals surface area contributed by atoms with Crippen molar-refractivity contribution in [1.29, 1.82) is 0 Å². The minimum atomic E-state index is -0.532. The Morgan fingerprint density at radius 1 is 1.00 bits per heavy atom. The molecule has 1 aromatic rings. The summed E-state index contributed by atoms with van der Waals surface area (Å²) in [6, 6.07) is 10.3. The van der Waals surface area contributed by atoms with E-state index in [4.69, 9.17) is 0 Å². The maximum absolute atomic E-state index is 12.2. The highest BCUT2D eigenvalue weighted by molar-refractivity contribution is 5.76. The molecule has 4 saturated carbocycles. The van der Waals surface area contributed by atoms with Gasteiger partial charge in [0.1, 0.15) is 0 Å². The van der Waals surface area contributed by atoms with Crippen LogP contribution in [0.15, 0.2) is 30.3 Å². The quantitative estimate of drug-likeness (QED) is 0.908. The van der Waals surface area contributed by atoms with Crippen LogP contribution in [-0.2, 0) is 11.2 Å². The molecule has 4 fully saturated rings. The first-order valence-corrected chi connectivity index (χ1v) is 7.96. The largest absolute Gasteiger partial charge is 0.481 e. The highest BCUT2D eigenvalue weighted by Crippen LogP contribution is 2.63. The van der Waals surface area contributed by atoms with Gasteiger partial charge in [-0.2, -0.15) is 0 Å². The number of aliphatic carboxylic acids is 1. The van der Waals surface area contributed by atoms with Crippen LogP contribution in [-0.4, -0.2) is 11.1 Å². The second-order valence-electron chi connectivity index (χ2n) is 7.31. The number of carboxylic acids is 1. The Morgan fingerprint density at radius 2 is 1.55 bits per heavy atom. The van der Waals surface area contributed by atoms with Crippen molar-refractivity contribution in [2.45, 2.75) is 38.5 Å². The molecular formula is C18H22O2. The van der Waals surface area contributed by atoms with Gasteiger partial charge in [0.15, 0.2) is 0 Å². The maximum atomic E-state index is 12.2. The summed E-state index contributed by atoms with van der Waals surface area (Å²) < 4.78 is 0. The van der Waals surface area contributed by atoms with Crippen LogP contribution in [0.3, 0.4) is 0 Å². The topological polar surface area (TPSA) is 37.3 Å². The van der Waals surface area contributed by atoms with Crippen LogP contribution in [0, 0.1) is 29.1 Å². The lowest BCUT2D eigenvalue weighted by Gasteiger charge is -2.59. The second-order valence-corrected chi connectivity index (χ2v) is 7.31. The first-order valence-electron chi connectivity index (χ1n) is 7.96. The molecule has 5 rings (SSSR count). The lowest BCUT2D eigenvalue weighted by molar-refractivity contribution is -0.177. The van der Waals surface area contributed by atoms with Crippen LogP contribution in [0.25, 0.3) is 0 Å². The molecule has 106 valence electrons. The Balaban J connectivity index is 1.72. The van der Waals surface area contributed by atoms with Crippen LogP contribution in [0.4, 0.5) is 0 Å². The first-order chi connectivity index (χ1) is 9.68. The van der Waals surface area contributed by atoms with E-state index >= 15 is 0 Å². The van der Waals surface area contributed by atoms with E-state index in [1.165, 1.54) is 12.0 Å². The molecule has 0 unspecified atom stereocenters. The standard InChI is InChI=1S/C18H22O2/c19-17(20)18(11-12-4-2-1-3-5-12)15-7-13-6-14(9-15)10-16(18)8-13/h1-5,13-16H,6-11H2,(H,19,20). The van der Waals surface area contributed by atoms with Gasteiger partial charge in [0, 0.05) is 0 Å². The van der Waals surface area contributed by atoms with Gasteiger partial charge in [-0.25, -0.2) is 0 Å². The van der Waals surface area contributed by atoms with E-state index in [0.717, 1.165) is 43.9 Å². The molecule has 2 nitrogen and oxygen atoms in total. The van der Waals surface area contributed by atoms with Gasteiger partial charge in [0.05, 0.1) is 5.41 Å². The average Bonchev–Trinajstić information content (AvgIpc) is 2.43. The average molecular weight is 270 g/mol. The molecule has 4 aliphatic rings.